The molecule has 1 saturated heterocycles. The number of nitrogens with one attached hydrogen (secondary N) is 1. The Kier molecular flexibility index (Phi) is 6.83. The summed E-state index contributed by atoms with van der Waals surface area (Å²) in [6, 6.07) is 8.61. The van der Waals surface area contributed by atoms with Crippen molar-refractivity contribution in [1.29, 1.82) is 0 Å². The molecule has 3 aromatic rings. The number of pyridine rings is 2. The molecule has 0 saturated carbocycles. The maximum atomic E-state index is 13.1. The average Bonchev–Trinajstić information content (AvgIpc) is 2.97. The van der Waals surface area contributed by atoms with E-state index in [9.17, 15) is 31.8 Å². The Hall–Kier alpha value is -3.04. The first kappa shape index (κ1) is 25.1. The molecule has 0 aliphatic carbocycles. The van der Waals surface area contributed by atoms with Gasteiger partial charge in [0.25, 0.3) is 5.91 Å². The largest absolute Gasteiger partial charge is 0.504 e. The summed E-state index contributed by atoms with van der Waals surface area (Å²) in [7, 11) is -7.10. The van der Waals surface area contributed by atoms with Crippen LogP contribution in [-0.2, 0) is 16.6 Å². The van der Waals surface area contributed by atoms with Crippen molar-refractivity contribution >= 4 is 43.4 Å². The molecule has 1 aromatic carbocycles. The molecule has 3 heterocycles. The van der Waals surface area contributed by atoms with Gasteiger partial charge in [-0.05, 0) is 29.8 Å². The Morgan fingerprint density at radius 1 is 1.17 bits per heavy atom. The van der Waals surface area contributed by atoms with E-state index in [0.29, 0.717) is 5.56 Å². The summed E-state index contributed by atoms with van der Waals surface area (Å²) in [4.78, 5) is 21.3. The fourth-order valence-corrected chi connectivity index (χ4v) is 6.12. The number of fused-ring (bicyclic) bond motifs is 1. The standard InChI is InChI=1S/C21H24FN5O6S2/c1-34(30,31)26-9-10-27(35(32,33)12-11-26)20-16-3-2-8-23-17(16)19(28)18(25-20)21(29)24-13-14-4-6-15(22)7-5-14/h2-8,28,32-33H,9-13H2,1H3,(H,24,29). The third-order valence-electron chi connectivity index (χ3n) is 5.52. The van der Waals surface area contributed by atoms with Crippen molar-refractivity contribution in [3.8, 4) is 5.75 Å². The molecule has 1 aliphatic rings. The van der Waals surface area contributed by atoms with E-state index < -0.39 is 44.0 Å². The Balaban J connectivity index is 1.73. The highest BCUT2D eigenvalue weighted by Gasteiger charge is 2.34. The second-order valence-corrected chi connectivity index (χ2v) is 12.0. The van der Waals surface area contributed by atoms with Crippen molar-refractivity contribution in [2.75, 3.05) is 35.9 Å². The molecule has 1 aliphatic heterocycles. The van der Waals surface area contributed by atoms with E-state index in [1.807, 2.05) is 0 Å². The third-order valence-corrected chi connectivity index (χ3v) is 8.62. The molecule has 1 fully saturated rings. The lowest BCUT2D eigenvalue weighted by atomic mass is 10.2. The van der Waals surface area contributed by atoms with E-state index in [1.54, 1.807) is 12.1 Å². The normalized spacial score (nSPS) is 17.7. The Morgan fingerprint density at radius 2 is 1.89 bits per heavy atom. The molecule has 4 rings (SSSR count). The fraction of sp³-hybridized carbons (Fsp3) is 0.286. The molecular weight excluding hydrogens is 501 g/mol. The zero-order valence-electron chi connectivity index (χ0n) is 18.6. The van der Waals surface area contributed by atoms with E-state index in [-0.39, 0.29) is 48.7 Å². The van der Waals surface area contributed by atoms with Crippen molar-refractivity contribution in [1.82, 2.24) is 19.6 Å². The Morgan fingerprint density at radius 3 is 2.57 bits per heavy atom. The number of aromatic nitrogens is 2. The number of aromatic hydroxyl groups is 1. The highest BCUT2D eigenvalue weighted by atomic mass is 32.3. The molecule has 2 aromatic heterocycles. The van der Waals surface area contributed by atoms with Gasteiger partial charge in [-0.3, -0.25) is 23.2 Å². The summed E-state index contributed by atoms with van der Waals surface area (Å²) in [5.41, 5.74) is 0.234. The predicted molar refractivity (Wildman–Crippen MR) is 130 cm³/mol. The lowest BCUT2D eigenvalue weighted by Crippen LogP contribution is -2.35. The van der Waals surface area contributed by atoms with Crippen molar-refractivity contribution in [3.63, 3.8) is 0 Å². The van der Waals surface area contributed by atoms with Crippen LogP contribution in [0.1, 0.15) is 16.1 Å². The molecule has 0 unspecified atom stereocenters. The van der Waals surface area contributed by atoms with Crippen LogP contribution >= 0.6 is 10.8 Å². The van der Waals surface area contributed by atoms with Gasteiger partial charge in [-0.25, -0.2) is 17.8 Å². The van der Waals surface area contributed by atoms with Crippen LogP contribution in [0.2, 0.25) is 0 Å². The SMILES string of the molecule is CS(=O)(=O)N1CCN(c2nc(C(=O)NCc3ccc(F)cc3)c(O)c3ncccc23)S(O)(O)CC1. The van der Waals surface area contributed by atoms with Gasteiger partial charge in [0.05, 0.1) is 18.6 Å². The lowest BCUT2D eigenvalue weighted by Gasteiger charge is -2.42. The molecular formula is C21H24FN5O6S2. The summed E-state index contributed by atoms with van der Waals surface area (Å²) in [5, 5.41) is 13.6. The smallest absolute Gasteiger partial charge is 0.274 e. The quantitative estimate of drug-likeness (QED) is 0.392. The molecule has 0 atom stereocenters. The van der Waals surface area contributed by atoms with Gasteiger partial charge in [-0.1, -0.05) is 12.1 Å². The molecule has 0 bridgehead atoms. The van der Waals surface area contributed by atoms with Gasteiger partial charge in [-0.2, -0.15) is 4.31 Å². The molecule has 4 N–H and O–H groups in total. The van der Waals surface area contributed by atoms with Crippen LogP contribution in [0.4, 0.5) is 10.2 Å². The number of rotatable bonds is 5. The van der Waals surface area contributed by atoms with Crippen molar-refractivity contribution < 1.29 is 31.8 Å². The highest BCUT2D eigenvalue weighted by Crippen LogP contribution is 2.49. The highest BCUT2D eigenvalue weighted by molar-refractivity contribution is 8.25. The van der Waals surface area contributed by atoms with Gasteiger partial charge in [0.1, 0.15) is 11.3 Å². The van der Waals surface area contributed by atoms with Gasteiger partial charge in [0.15, 0.2) is 17.3 Å². The first-order valence-electron chi connectivity index (χ1n) is 10.5. The molecule has 14 heteroatoms. The molecule has 1 amide bonds. The molecule has 11 nitrogen and oxygen atoms in total. The van der Waals surface area contributed by atoms with E-state index in [1.165, 1.54) is 34.8 Å². The number of amides is 1. The topological polar surface area (TPSA) is 156 Å². The van der Waals surface area contributed by atoms with Crippen LogP contribution in [0.5, 0.6) is 5.75 Å². The molecule has 0 radical (unpaired) electrons. The van der Waals surface area contributed by atoms with Crippen LogP contribution in [0.15, 0.2) is 42.6 Å². The van der Waals surface area contributed by atoms with Crippen LogP contribution in [-0.4, -0.2) is 74.5 Å². The number of nitrogens with zero attached hydrogens (tertiary/aromatic N) is 4. The van der Waals surface area contributed by atoms with Crippen molar-refractivity contribution in [2.24, 2.45) is 0 Å². The van der Waals surface area contributed by atoms with Gasteiger partial charge in [-0.15, -0.1) is 10.8 Å². The van der Waals surface area contributed by atoms with Crippen LogP contribution in [0, 0.1) is 5.82 Å². The van der Waals surface area contributed by atoms with E-state index in [2.05, 4.69) is 15.3 Å². The first-order chi connectivity index (χ1) is 16.5. The molecule has 188 valence electrons. The van der Waals surface area contributed by atoms with E-state index in [0.717, 1.165) is 10.6 Å². The summed E-state index contributed by atoms with van der Waals surface area (Å²) < 4.78 is 61.2. The minimum absolute atomic E-state index is 0.0175. The number of sulfonamides is 1. The number of benzene rings is 1. The average molecular weight is 526 g/mol. The second kappa shape index (κ2) is 9.54. The van der Waals surface area contributed by atoms with E-state index in [4.69, 9.17) is 0 Å². The van der Waals surface area contributed by atoms with Crippen LogP contribution in [0.3, 0.4) is 0 Å². The van der Waals surface area contributed by atoms with E-state index >= 15 is 0 Å². The van der Waals surface area contributed by atoms with Gasteiger partial charge >= 0.3 is 0 Å². The third kappa shape index (κ3) is 5.31. The van der Waals surface area contributed by atoms with Gasteiger partial charge in [0.2, 0.25) is 10.0 Å². The minimum atomic E-state index is -3.57. The monoisotopic (exact) mass is 525 g/mol. The summed E-state index contributed by atoms with van der Waals surface area (Å²) in [6.07, 6.45) is 2.44. The first-order valence-corrected chi connectivity index (χ1v) is 14.0. The Labute approximate surface area is 202 Å². The lowest BCUT2D eigenvalue weighted by molar-refractivity contribution is 0.0943. The number of halogens is 1. The number of carbonyl (C=O) groups excluding carboxylic acids is 1. The molecule has 0 spiro atoms. The number of carbonyl (C=O) groups is 1. The summed E-state index contributed by atoms with van der Waals surface area (Å²) >= 11 is 0. The fourth-order valence-electron chi connectivity index (χ4n) is 3.69. The van der Waals surface area contributed by atoms with Crippen molar-refractivity contribution in [3.05, 3.63) is 59.7 Å². The maximum Gasteiger partial charge on any atom is 0.274 e. The van der Waals surface area contributed by atoms with Crippen molar-refractivity contribution in [2.45, 2.75) is 6.54 Å². The number of hydrogen-bond donors (Lipinski definition) is 4. The predicted octanol–water partition coefficient (Wildman–Crippen LogP) is 2.15. The summed E-state index contributed by atoms with van der Waals surface area (Å²) in [5.74, 6) is -1.96. The van der Waals surface area contributed by atoms with Crippen LogP contribution in [0.25, 0.3) is 10.9 Å². The number of anilines is 1. The zero-order chi connectivity index (χ0) is 25.4. The van der Waals surface area contributed by atoms with Crippen LogP contribution < -0.4 is 9.62 Å². The zero-order valence-corrected chi connectivity index (χ0v) is 20.3. The number of hydrogen-bond acceptors (Lipinski definition) is 9. The summed E-state index contributed by atoms with van der Waals surface area (Å²) in [6.45, 7) is -0.228. The second-order valence-electron chi connectivity index (χ2n) is 7.94. The molecule has 35 heavy (non-hydrogen) atoms. The Bertz CT molecular complexity index is 1370. The van der Waals surface area contributed by atoms with Gasteiger partial charge < -0.3 is 10.4 Å². The maximum absolute atomic E-state index is 13.1. The van der Waals surface area contributed by atoms with Gasteiger partial charge in [0, 0.05) is 31.2 Å². The minimum Gasteiger partial charge on any atom is -0.504 e.